The number of carbonyl (C=O) groups excluding carboxylic acids is 1. The van der Waals surface area contributed by atoms with Gasteiger partial charge in [0.25, 0.3) is 5.91 Å². The maximum atomic E-state index is 11.9. The molecule has 0 bridgehead atoms. The third-order valence-corrected chi connectivity index (χ3v) is 3.04. The van der Waals surface area contributed by atoms with Crippen LogP contribution in [0.25, 0.3) is 0 Å². The number of hydrogen-bond donors (Lipinski definition) is 1. The number of rotatable bonds is 8. The lowest BCUT2D eigenvalue weighted by atomic mass is 10.0. The second-order valence-corrected chi connectivity index (χ2v) is 5.09. The Bertz CT molecular complexity index is 418. The van der Waals surface area contributed by atoms with Crippen molar-refractivity contribution < 1.29 is 14.3 Å². The largest absolute Gasteiger partial charge is 0.481 e. The molecule has 1 aromatic carbocycles. The third-order valence-electron chi connectivity index (χ3n) is 3.04. The number of amides is 1. The molecule has 1 amide bonds. The molecule has 112 valence electrons. The van der Waals surface area contributed by atoms with Gasteiger partial charge in [0.1, 0.15) is 5.75 Å². The number of para-hydroxylation sites is 1. The van der Waals surface area contributed by atoms with Gasteiger partial charge in [0.05, 0.1) is 0 Å². The van der Waals surface area contributed by atoms with Crippen molar-refractivity contribution in [2.45, 2.75) is 39.2 Å². The van der Waals surface area contributed by atoms with E-state index in [1.54, 1.807) is 14.0 Å². The second-order valence-electron chi connectivity index (χ2n) is 5.09. The topological polar surface area (TPSA) is 47.6 Å². The number of hydrogen-bond acceptors (Lipinski definition) is 3. The highest BCUT2D eigenvalue weighted by molar-refractivity contribution is 5.80. The summed E-state index contributed by atoms with van der Waals surface area (Å²) in [6.45, 7) is 7.23. The van der Waals surface area contributed by atoms with E-state index in [4.69, 9.17) is 9.47 Å². The van der Waals surface area contributed by atoms with Crippen LogP contribution in [0.4, 0.5) is 0 Å². The average molecular weight is 279 g/mol. The van der Waals surface area contributed by atoms with Crippen LogP contribution in [0.5, 0.6) is 5.75 Å². The number of nitrogens with one attached hydrogen (secondary N) is 1. The fourth-order valence-corrected chi connectivity index (χ4v) is 1.88. The van der Waals surface area contributed by atoms with Gasteiger partial charge >= 0.3 is 0 Å². The first-order chi connectivity index (χ1) is 9.56. The minimum atomic E-state index is -0.502. The maximum Gasteiger partial charge on any atom is 0.260 e. The SMILES string of the molecule is COCCCNC(=O)[C@H](C)Oc1ccccc1C(C)C. The molecule has 0 heterocycles. The molecule has 1 atom stereocenters. The van der Waals surface area contributed by atoms with Crippen molar-refractivity contribution in [3.05, 3.63) is 29.8 Å². The Morgan fingerprint density at radius 2 is 1.95 bits per heavy atom. The second kappa shape index (κ2) is 8.59. The van der Waals surface area contributed by atoms with Gasteiger partial charge in [0, 0.05) is 20.3 Å². The molecule has 0 aliphatic rings. The molecular weight excluding hydrogens is 254 g/mol. The Hall–Kier alpha value is -1.55. The van der Waals surface area contributed by atoms with Crippen molar-refractivity contribution in [2.75, 3.05) is 20.3 Å². The number of benzene rings is 1. The summed E-state index contributed by atoms with van der Waals surface area (Å²) in [4.78, 5) is 11.9. The van der Waals surface area contributed by atoms with E-state index in [9.17, 15) is 4.79 Å². The van der Waals surface area contributed by atoms with E-state index < -0.39 is 6.10 Å². The minimum absolute atomic E-state index is 0.0975. The van der Waals surface area contributed by atoms with E-state index in [1.807, 2.05) is 24.3 Å². The molecule has 0 saturated heterocycles. The van der Waals surface area contributed by atoms with Crippen molar-refractivity contribution in [1.29, 1.82) is 0 Å². The predicted molar refractivity (Wildman–Crippen MR) is 80.1 cm³/mol. The Kier molecular flexibility index (Phi) is 7.09. The lowest BCUT2D eigenvalue weighted by molar-refractivity contribution is -0.127. The van der Waals surface area contributed by atoms with Crippen LogP contribution in [0.15, 0.2) is 24.3 Å². The minimum Gasteiger partial charge on any atom is -0.481 e. The van der Waals surface area contributed by atoms with Gasteiger partial charge in [-0.15, -0.1) is 0 Å². The van der Waals surface area contributed by atoms with Crippen LogP contribution in [-0.2, 0) is 9.53 Å². The van der Waals surface area contributed by atoms with Crippen LogP contribution in [-0.4, -0.2) is 32.3 Å². The van der Waals surface area contributed by atoms with E-state index in [1.165, 1.54) is 0 Å². The van der Waals surface area contributed by atoms with Crippen LogP contribution in [0.3, 0.4) is 0 Å². The standard InChI is InChI=1S/C16H25NO3/c1-12(2)14-8-5-6-9-15(14)20-13(3)16(18)17-10-7-11-19-4/h5-6,8-9,12-13H,7,10-11H2,1-4H3,(H,17,18)/t13-/m0/s1. The van der Waals surface area contributed by atoms with Crippen LogP contribution in [0, 0.1) is 0 Å². The summed E-state index contributed by atoms with van der Waals surface area (Å²) in [7, 11) is 1.65. The third kappa shape index (κ3) is 5.21. The van der Waals surface area contributed by atoms with E-state index in [2.05, 4.69) is 19.2 Å². The molecule has 0 spiro atoms. The zero-order valence-electron chi connectivity index (χ0n) is 12.8. The molecule has 0 aromatic heterocycles. The molecule has 0 unspecified atom stereocenters. The Morgan fingerprint density at radius 1 is 1.25 bits per heavy atom. The Morgan fingerprint density at radius 3 is 2.60 bits per heavy atom. The smallest absolute Gasteiger partial charge is 0.260 e. The fraction of sp³-hybridized carbons (Fsp3) is 0.562. The summed E-state index contributed by atoms with van der Waals surface area (Å²) >= 11 is 0. The molecule has 1 rings (SSSR count). The van der Waals surface area contributed by atoms with Gasteiger partial charge in [-0.05, 0) is 30.9 Å². The summed E-state index contributed by atoms with van der Waals surface area (Å²) in [5, 5.41) is 2.84. The lowest BCUT2D eigenvalue weighted by Gasteiger charge is -2.18. The first-order valence-corrected chi connectivity index (χ1v) is 7.08. The molecular formula is C16H25NO3. The quantitative estimate of drug-likeness (QED) is 0.744. The molecule has 1 N–H and O–H groups in total. The predicted octanol–water partition coefficient (Wildman–Crippen LogP) is 2.73. The number of carbonyl (C=O) groups is 1. The molecule has 0 saturated carbocycles. The van der Waals surface area contributed by atoms with Gasteiger partial charge in [-0.25, -0.2) is 0 Å². The molecule has 0 fully saturated rings. The fourth-order valence-electron chi connectivity index (χ4n) is 1.88. The van der Waals surface area contributed by atoms with E-state index in [0.717, 1.165) is 17.7 Å². The normalized spacial score (nSPS) is 12.2. The van der Waals surface area contributed by atoms with Crippen molar-refractivity contribution in [3.63, 3.8) is 0 Å². The van der Waals surface area contributed by atoms with Gasteiger partial charge < -0.3 is 14.8 Å². The van der Waals surface area contributed by atoms with Crippen LogP contribution in [0.1, 0.15) is 38.7 Å². The highest BCUT2D eigenvalue weighted by Gasteiger charge is 2.16. The van der Waals surface area contributed by atoms with E-state index in [0.29, 0.717) is 19.1 Å². The average Bonchev–Trinajstić information content (AvgIpc) is 2.43. The first-order valence-electron chi connectivity index (χ1n) is 7.08. The summed E-state index contributed by atoms with van der Waals surface area (Å²) in [5.74, 6) is 1.05. The van der Waals surface area contributed by atoms with Gasteiger partial charge in [-0.2, -0.15) is 0 Å². The summed E-state index contributed by atoms with van der Waals surface area (Å²) in [5.41, 5.74) is 1.12. The van der Waals surface area contributed by atoms with Gasteiger partial charge in [-0.3, -0.25) is 4.79 Å². The molecule has 20 heavy (non-hydrogen) atoms. The molecule has 0 aliphatic carbocycles. The van der Waals surface area contributed by atoms with E-state index >= 15 is 0 Å². The van der Waals surface area contributed by atoms with Crippen LogP contribution < -0.4 is 10.1 Å². The summed E-state index contributed by atoms with van der Waals surface area (Å²) < 4.78 is 10.7. The Balaban J connectivity index is 2.53. The van der Waals surface area contributed by atoms with Gasteiger partial charge in [0.2, 0.25) is 0 Å². The van der Waals surface area contributed by atoms with E-state index in [-0.39, 0.29) is 5.91 Å². The first kappa shape index (κ1) is 16.5. The molecule has 1 aromatic rings. The molecule has 0 radical (unpaired) electrons. The Labute approximate surface area is 121 Å². The molecule has 0 aliphatic heterocycles. The monoisotopic (exact) mass is 279 g/mol. The van der Waals surface area contributed by atoms with Crippen LogP contribution in [0.2, 0.25) is 0 Å². The number of ether oxygens (including phenoxy) is 2. The van der Waals surface area contributed by atoms with Crippen molar-refractivity contribution in [1.82, 2.24) is 5.32 Å². The zero-order valence-corrected chi connectivity index (χ0v) is 12.8. The van der Waals surface area contributed by atoms with Crippen molar-refractivity contribution in [3.8, 4) is 5.75 Å². The zero-order chi connectivity index (χ0) is 15.0. The van der Waals surface area contributed by atoms with Gasteiger partial charge in [0.15, 0.2) is 6.10 Å². The van der Waals surface area contributed by atoms with Crippen LogP contribution >= 0.6 is 0 Å². The number of methoxy groups -OCH3 is 1. The molecule has 4 nitrogen and oxygen atoms in total. The summed E-state index contributed by atoms with van der Waals surface area (Å²) in [6, 6.07) is 7.84. The molecule has 4 heteroatoms. The van der Waals surface area contributed by atoms with Crippen molar-refractivity contribution >= 4 is 5.91 Å². The van der Waals surface area contributed by atoms with Gasteiger partial charge in [-0.1, -0.05) is 32.0 Å². The van der Waals surface area contributed by atoms with Crippen molar-refractivity contribution in [2.24, 2.45) is 0 Å². The maximum absolute atomic E-state index is 11.9. The summed E-state index contributed by atoms with van der Waals surface area (Å²) in [6.07, 6.45) is 0.301. The highest BCUT2D eigenvalue weighted by Crippen LogP contribution is 2.26. The lowest BCUT2D eigenvalue weighted by Crippen LogP contribution is -2.37. The highest BCUT2D eigenvalue weighted by atomic mass is 16.5.